The Hall–Kier alpha value is -3.44. The molecule has 3 aromatic rings. The Labute approximate surface area is 166 Å². The smallest absolute Gasteiger partial charge is 0.258 e. The number of anilines is 1. The minimum Gasteiger partial charge on any atom is -0.289 e. The van der Waals surface area contributed by atoms with Crippen LogP contribution in [0.3, 0.4) is 0 Å². The van der Waals surface area contributed by atoms with Crippen LogP contribution in [0, 0.1) is 0 Å². The van der Waals surface area contributed by atoms with Crippen LogP contribution < -0.4 is 4.90 Å². The molecule has 0 saturated carbocycles. The summed E-state index contributed by atoms with van der Waals surface area (Å²) in [5.74, 6) is -0.869. The molecule has 4 nitrogen and oxygen atoms in total. The second-order valence-electron chi connectivity index (χ2n) is 6.16. The Balaban J connectivity index is 1.48. The molecule has 0 aromatic heterocycles. The van der Waals surface area contributed by atoms with E-state index in [0.29, 0.717) is 16.8 Å². The zero-order chi connectivity index (χ0) is 19.5. The van der Waals surface area contributed by atoms with E-state index in [1.165, 1.54) is 12.2 Å². The first-order chi connectivity index (χ1) is 13.6. The molecule has 1 aliphatic heterocycles. The van der Waals surface area contributed by atoms with Gasteiger partial charge in [0.25, 0.3) is 11.8 Å². The van der Waals surface area contributed by atoms with Gasteiger partial charge in [0.15, 0.2) is 5.78 Å². The van der Waals surface area contributed by atoms with Crippen LogP contribution in [0.5, 0.6) is 0 Å². The van der Waals surface area contributed by atoms with Crippen LogP contribution in [0.25, 0.3) is 0 Å². The molecule has 0 N–H and O–H groups in total. The van der Waals surface area contributed by atoms with Gasteiger partial charge in [-0.25, -0.2) is 4.90 Å². The summed E-state index contributed by atoms with van der Waals surface area (Å²) >= 11 is 1.63. The quantitative estimate of drug-likeness (QED) is 0.479. The lowest BCUT2D eigenvalue weighted by Gasteiger charge is -2.14. The Morgan fingerprint density at radius 1 is 0.643 bits per heavy atom. The van der Waals surface area contributed by atoms with Gasteiger partial charge < -0.3 is 0 Å². The summed E-state index contributed by atoms with van der Waals surface area (Å²) in [4.78, 5) is 39.4. The van der Waals surface area contributed by atoms with Gasteiger partial charge in [-0.2, -0.15) is 0 Å². The Morgan fingerprint density at radius 3 is 1.71 bits per heavy atom. The van der Waals surface area contributed by atoms with Gasteiger partial charge >= 0.3 is 0 Å². The van der Waals surface area contributed by atoms with E-state index < -0.39 is 0 Å². The van der Waals surface area contributed by atoms with Gasteiger partial charge in [0.1, 0.15) is 0 Å². The molecule has 0 bridgehead atoms. The van der Waals surface area contributed by atoms with Crippen molar-refractivity contribution in [2.24, 2.45) is 0 Å². The van der Waals surface area contributed by atoms with E-state index in [9.17, 15) is 14.4 Å². The number of rotatable bonds is 5. The van der Waals surface area contributed by atoms with Crippen LogP contribution in [0.2, 0.25) is 0 Å². The third kappa shape index (κ3) is 3.66. The summed E-state index contributed by atoms with van der Waals surface area (Å²) in [5.41, 5.74) is 1.53. The summed E-state index contributed by atoms with van der Waals surface area (Å²) in [6, 6.07) is 24.0. The molecule has 3 aromatic carbocycles. The molecule has 4 rings (SSSR count). The summed E-state index contributed by atoms with van der Waals surface area (Å²) in [7, 11) is 0. The molecule has 0 fully saturated rings. The lowest BCUT2D eigenvalue weighted by molar-refractivity contribution is -0.119. The summed E-state index contributed by atoms with van der Waals surface area (Å²) in [6.07, 6.45) is 2.47. The van der Waals surface area contributed by atoms with Crippen molar-refractivity contribution >= 4 is 35.0 Å². The second-order valence-corrected chi connectivity index (χ2v) is 7.31. The molecular formula is C23H15NO3S. The van der Waals surface area contributed by atoms with Crippen molar-refractivity contribution < 1.29 is 14.4 Å². The van der Waals surface area contributed by atoms with E-state index in [0.717, 1.165) is 14.7 Å². The van der Waals surface area contributed by atoms with Crippen molar-refractivity contribution in [2.45, 2.75) is 9.79 Å². The number of nitrogens with zero attached hydrogens (tertiary/aromatic N) is 1. The van der Waals surface area contributed by atoms with Crippen molar-refractivity contribution in [1.29, 1.82) is 0 Å². The highest BCUT2D eigenvalue weighted by atomic mass is 32.2. The van der Waals surface area contributed by atoms with Crippen LogP contribution in [0.1, 0.15) is 15.9 Å². The normalized spacial score (nSPS) is 13.2. The van der Waals surface area contributed by atoms with Gasteiger partial charge in [-0.3, -0.25) is 14.4 Å². The lowest BCUT2D eigenvalue weighted by Crippen LogP contribution is -2.29. The van der Waals surface area contributed by atoms with Gasteiger partial charge in [0.05, 0.1) is 5.69 Å². The van der Waals surface area contributed by atoms with Gasteiger partial charge in [-0.05, 0) is 60.7 Å². The molecule has 1 aliphatic rings. The average Bonchev–Trinajstić information content (AvgIpc) is 3.07. The SMILES string of the molecule is O=C(c1ccc(Sc2ccccc2)cc1)c1ccc(N2C(=O)C=CC2=O)cc1. The number of hydrogen-bond donors (Lipinski definition) is 0. The van der Waals surface area contributed by atoms with Gasteiger partial charge in [0, 0.05) is 33.1 Å². The molecule has 0 atom stereocenters. The molecule has 0 saturated heterocycles. The molecule has 1 heterocycles. The number of carbonyl (C=O) groups excluding carboxylic acids is 3. The van der Waals surface area contributed by atoms with Crippen molar-refractivity contribution in [2.75, 3.05) is 4.90 Å². The highest BCUT2D eigenvalue weighted by Gasteiger charge is 2.25. The topological polar surface area (TPSA) is 54.5 Å². The maximum absolute atomic E-state index is 12.7. The maximum atomic E-state index is 12.7. The number of hydrogen-bond acceptors (Lipinski definition) is 4. The monoisotopic (exact) mass is 385 g/mol. The van der Waals surface area contributed by atoms with E-state index in [4.69, 9.17) is 0 Å². The third-order valence-electron chi connectivity index (χ3n) is 4.29. The predicted molar refractivity (Wildman–Crippen MR) is 109 cm³/mol. The minimum atomic E-state index is -0.379. The fourth-order valence-corrected chi connectivity index (χ4v) is 3.72. The molecule has 0 aliphatic carbocycles. The summed E-state index contributed by atoms with van der Waals surface area (Å²) in [6.45, 7) is 0. The summed E-state index contributed by atoms with van der Waals surface area (Å²) in [5, 5.41) is 0. The van der Waals surface area contributed by atoms with Crippen molar-refractivity contribution in [3.8, 4) is 0 Å². The zero-order valence-corrected chi connectivity index (χ0v) is 15.6. The van der Waals surface area contributed by atoms with Crippen LogP contribution in [-0.2, 0) is 9.59 Å². The zero-order valence-electron chi connectivity index (χ0n) is 14.7. The average molecular weight is 385 g/mol. The molecule has 28 heavy (non-hydrogen) atoms. The Kier molecular flexibility index (Phi) is 4.91. The molecule has 0 spiro atoms. The molecular weight excluding hydrogens is 370 g/mol. The molecule has 136 valence electrons. The fraction of sp³-hybridized carbons (Fsp3) is 0. The molecule has 5 heteroatoms. The van der Waals surface area contributed by atoms with Crippen molar-refractivity contribution in [3.63, 3.8) is 0 Å². The van der Waals surface area contributed by atoms with E-state index >= 15 is 0 Å². The first kappa shape index (κ1) is 17.9. The highest BCUT2D eigenvalue weighted by Crippen LogP contribution is 2.28. The number of carbonyl (C=O) groups is 3. The Bertz CT molecular complexity index is 1050. The molecule has 0 radical (unpaired) electrons. The van der Waals surface area contributed by atoms with E-state index in [1.54, 1.807) is 48.2 Å². The van der Waals surface area contributed by atoms with Crippen LogP contribution >= 0.6 is 11.8 Å². The summed E-state index contributed by atoms with van der Waals surface area (Å²) < 4.78 is 0. The predicted octanol–water partition coefficient (Wildman–Crippen LogP) is 4.50. The second kappa shape index (κ2) is 7.66. The minimum absolute atomic E-state index is 0.111. The van der Waals surface area contributed by atoms with Gasteiger partial charge in [0.2, 0.25) is 0 Å². The van der Waals surface area contributed by atoms with Crippen LogP contribution in [-0.4, -0.2) is 17.6 Å². The van der Waals surface area contributed by atoms with Gasteiger partial charge in [-0.15, -0.1) is 0 Å². The van der Waals surface area contributed by atoms with Crippen molar-refractivity contribution in [3.05, 3.63) is 102 Å². The largest absolute Gasteiger partial charge is 0.289 e. The first-order valence-corrected chi connectivity index (χ1v) is 9.47. The van der Waals surface area contributed by atoms with E-state index in [2.05, 4.69) is 0 Å². The maximum Gasteiger partial charge on any atom is 0.258 e. The lowest BCUT2D eigenvalue weighted by atomic mass is 10.0. The molecule has 2 amide bonds. The number of ketones is 1. The molecule has 0 unspecified atom stereocenters. The standard InChI is InChI=1S/C23H15NO3S/c25-21-14-15-22(26)24(21)18-10-6-16(7-11-18)23(27)17-8-12-20(13-9-17)28-19-4-2-1-3-5-19/h1-15H. The van der Waals surface area contributed by atoms with Crippen molar-refractivity contribution in [1.82, 2.24) is 0 Å². The highest BCUT2D eigenvalue weighted by molar-refractivity contribution is 7.99. The van der Waals surface area contributed by atoms with Crippen LogP contribution in [0.4, 0.5) is 5.69 Å². The fourth-order valence-electron chi connectivity index (χ4n) is 2.88. The van der Waals surface area contributed by atoms with E-state index in [-0.39, 0.29) is 17.6 Å². The number of benzene rings is 3. The first-order valence-electron chi connectivity index (χ1n) is 8.66. The van der Waals surface area contributed by atoms with E-state index in [1.807, 2.05) is 42.5 Å². The number of amides is 2. The third-order valence-corrected chi connectivity index (χ3v) is 5.31. The Morgan fingerprint density at radius 2 is 1.14 bits per heavy atom. The number of imide groups is 1. The van der Waals surface area contributed by atoms with Crippen LogP contribution in [0.15, 0.2) is 101 Å². The van der Waals surface area contributed by atoms with Gasteiger partial charge in [-0.1, -0.05) is 30.0 Å².